The van der Waals surface area contributed by atoms with Crippen LogP contribution in [-0.4, -0.2) is 29.6 Å². The van der Waals surface area contributed by atoms with Crippen LogP contribution in [0.25, 0.3) is 0 Å². The van der Waals surface area contributed by atoms with Gasteiger partial charge in [0.1, 0.15) is 11.5 Å². The van der Waals surface area contributed by atoms with Gasteiger partial charge in [-0.3, -0.25) is 25.8 Å². The number of benzene rings is 2. The number of rotatable bonds is 6. The molecule has 9 heteroatoms. The lowest BCUT2D eigenvalue weighted by molar-refractivity contribution is -0.123. The fraction of sp³-hybridized carbons (Fsp3) is 0.211. The van der Waals surface area contributed by atoms with Gasteiger partial charge in [-0.15, -0.1) is 0 Å². The van der Waals surface area contributed by atoms with Crippen molar-refractivity contribution in [1.29, 1.82) is 0 Å². The van der Waals surface area contributed by atoms with Gasteiger partial charge in [0.2, 0.25) is 0 Å². The highest BCUT2D eigenvalue weighted by Crippen LogP contribution is 2.19. The lowest BCUT2D eigenvalue weighted by atomic mass is 10.2. The molecule has 7 nitrogen and oxygen atoms in total. The third-order valence-corrected chi connectivity index (χ3v) is 3.68. The number of amides is 2. The van der Waals surface area contributed by atoms with Gasteiger partial charge < -0.3 is 9.47 Å². The molecular formula is C19H20ClN3O4S. The SMILES string of the molecule is CC(C)Oc1ccccc1C(=O)NC(=S)NNC(=O)COc1ccc(Cl)cc1. The zero-order chi connectivity index (χ0) is 20.5. The maximum atomic E-state index is 12.4. The Morgan fingerprint density at radius 3 is 2.43 bits per heavy atom. The molecule has 2 rings (SSSR count). The molecule has 0 aromatic heterocycles. The molecule has 0 saturated carbocycles. The predicted molar refractivity (Wildman–Crippen MR) is 110 cm³/mol. The molecule has 0 fully saturated rings. The topological polar surface area (TPSA) is 88.7 Å². The van der Waals surface area contributed by atoms with Crippen LogP contribution in [0, 0.1) is 0 Å². The van der Waals surface area contributed by atoms with Gasteiger partial charge >= 0.3 is 0 Å². The van der Waals surface area contributed by atoms with E-state index in [2.05, 4.69) is 16.2 Å². The number of carbonyl (C=O) groups excluding carboxylic acids is 2. The van der Waals surface area contributed by atoms with Crippen molar-refractivity contribution >= 4 is 40.7 Å². The fourth-order valence-corrected chi connectivity index (χ4v) is 2.32. The Kier molecular flexibility index (Phi) is 8.03. The average Bonchev–Trinajstić information content (AvgIpc) is 2.66. The monoisotopic (exact) mass is 421 g/mol. The summed E-state index contributed by atoms with van der Waals surface area (Å²) < 4.78 is 10.9. The van der Waals surface area contributed by atoms with Crippen LogP contribution in [-0.2, 0) is 4.79 Å². The molecule has 2 amide bonds. The molecule has 0 unspecified atom stereocenters. The van der Waals surface area contributed by atoms with Crippen LogP contribution < -0.4 is 25.6 Å². The summed E-state index contributed by atoms with van der Waals surface area (Å²) >= 11 is 10.8. The number of ether oxygens (including phenoxy) is 2. The highest BCUT2D eigenvalue weighted by atomic mass is 35.5. The van der Waals surface area contributed by atoms with Crippen molar-refractivity contribution in [3.05, 3.63) is 59.1 Å². The van der Waals surface area contributed by atoms with Gasteiger partial charge in [0, 0.05) is 5.02 Å². The summed E-state index contributed by atoms with van der Waals surface area (Å²) in [6, 6.07) is 13.4. The van der Waals surface area contributed by atoms with E-state index in [1.165, 1.54) is 0 Å². The number of hydrogen-bond acceptors (Lipinski definition) is 5. The summed E-state index contributed by atoms with van der Waals surface area (Å²) in [5.41, 5.74) is 5.12. The van der Waals surface area contributed by atoms with Crippen LogP contribution in [0.3, 0.4) is 0 Å². The van der Waals surface area contributed by atoms with Gasteiger partial charge in [-0.1, -0.05) is 23.7 Å². The summed E-state index contributed by atoms with van der Waals surface area (Å²) in [5, 5.41) is 2.98. The van der Waals surface area contributed by atoms with Gasteiger partial charge in [0.25, 0.3) is 11.8 Å². The standard InChI is InChI=1S/C19H20ClN3O4S/c1-12(2)27-16-6-4-3-5-15(16)18(25)21-19(28)23-22-17(24)11-26-14-9-7-13(20)8-10-14/h3-10,12H,11H2,1-2H3,(H,22,24)(H2,21,23,25,28). The summed E-state index contributed by atoms with van der Waals surface area (Å²) in [6.45, 7) is 3.49. The van der Waals surface area contributed by atoms with Gasteiger partial charge in [-0.25, -0.2) is 0 Å². The molecule has 2 aromatic carbocycles. The third kappa shape index (κ3) is 7.05. The molecule has 0 radical (unpaired) electrons. The number of hydrogen-bond donors (Lipinski definition) is 3. The molecule has 28 heavy (non-hydrogen) atoms. The third-order valence-electron chi connectivity index (χ3n) is 3.22. The second kappa shape index (κ2) is 10.5. The van der Waals surface area contributed by atoms with Gasteiger partial charge in [-0.2, -0.15) is 0 Å². The van der Waals surface area contributed by atoms with Crippen molar-refractivity contribution in [2.75, 3.05) is 6.61 Å². The van der Waals surface area contributed by atoms with E-state index in [1.807, 2.05) is 13.8 Å². The Labute approximate surface area is 173 Å². The highest BCUT2D eigenvalue weighted by molar-refractivity contribution is 7.80. The largest absolute Gasteiger partial charge is 0.490 e. The minimum atomic E-state index is -0.477. The van der Waals surface area contributed by atoms with Crippen molar-refractivity contribution in [3.63, 3.8) is 0 Å². The number of hydrazine groups is 1. The second-order valence-electron chi connectivity index (χ2n) is 5.86. The summed E-state index contributed by atoms with van der Waals surface area (Å²) in [5.74, 6) is 0.00546. The average molecular weight is 422 g/mol. The number of carbonyl (C=O) groups is 2. The first-order valence-electron chi connectivity index (χ1n) is 8.39. The molecule has 0 atom stereocenters. The quantitative estimate of drug-likeness (QED) is 0.491. The number of para-hydroxylation sites is 1. The van der Waals surface area contributed by atoms with E-state index in [-0.39, 0.29) is 17.8 Å². The molecule has 0 spiro atoms. The van der Waals surface area contributed by atoms with Crippen LogP contribution >= 0.6 is 23.8 Å². The Hall–Kier alpha value is -2.84. The van der Waals surface area contributed by atoms with Gasteiger partial charge in [-0.05, 0) is 62.5 Å². The zero-order valence-corrected chi connectivity index (χ0v) is 16.9. The molecule has 0 aliphatic rings. The maximum absolute atomic E-state index is 12.4. The molecule has 2 aromatic rings. The van der Waals surface area contributed by atoms with E-state index < -0.39 is 11.8 Å². The van der Waals surface area contributed by atoms with E-state index in [0.717, 1.165) is 0 Å². The Balaban J connectivity index is 1.79. The molecule has 0 aliphatic heterocycles. The minimum Gasteiger partial charge on any atom is -0.490 e. The predicted octanol–water partition coefficient (Wildman–Crippen LogP) is 2.84. The summed E-state index contributed by atoms with van der Waals surface area (Å²) in [7, 11) is 0. The van der Waals surface area contributed by atoms with E-state index in [4.69, 9.17) is 33.3 Å². The number of halogens is 1. The molecule has 0 bridgehead atoms. The highest BCUT2D eigenvalue weighted by Gasteiger charge is 2.14. The smallest absolute Gasteiger partial charge is 0.276 e. The van der Waals surface area contributed by atoms with E-state index in [0.29, 0.717) is 22.1 Å². The zero-order valence-electron chi connectivity index (χ0n) is 15.3. The van der Waals surface area contributed by atoms with Gasteiger partial charge in [0.05, 0.1) is 11.7 Å². The van der Waals surface area contributed by atoms with E-state index in [1.54, 1.807) is 48.5 Å². The fourth-order valence-electron chi connectivity index (χ4n) is 2.05. The van der Waals surface area contributed by atoms with Crippen molar-refractivity contribution in [1.82, 2.24) is 16.2 Å². The van der Waals surface area contributed by atoms with Crippen molar-refractivity contribution in [2.24, 2.45) is 0 Å². The van der Waals surface area contributed by atoms with E-state index in [9.17, 15) is 9.59 Å². The van der Waals surface area contributed by atoms with E-state index >= 15 is 0 Å². The number of nitrogens with one attached hydrogen (secondary N) is 3. The normalized spacial score (nSPS) is 10.1. The second-order valence-corrected chi connectivity index (χ2v) is 6.71. The molecule has 0 heterocycles. The molecule has 3 N–H and O–H groups in total. The molecule has 0 aliphatic carbocycles. The van der Waals surface area contributed by atoms with Crippen LogP contribution in [0.4, 0.5) is 0 Å². The van der Waals surface area contributed by atoms with Crippen molar-refractivity contribution in [3.8, 4) is 11.5 Å². The van der Waals surface area contributed by atoms with Crippen LogP contribution in [0.2, 0.25) is 5.02 Å². The Morgan fingerprint density at radius 2 is 1.75 bits per heavy atom. The van der Waals surface area contributed by atoms with Crippen molar-refractivity contribution < 1.29 is 19.1 Å². The van der Waals surface area contributed by atoms with Crippen LogP contribution in [0.15, 0.2) is 48.5 Å². The first-order valence-corrected chi connectivity index (χ1v) is 9.18. The van der Waals surface area contributed by atoms with Crippen LogP contribution in [0.5, 0.6) is 11.5 Å². The van der Waals surface area contributed by atoms with Gasteiger partial charge in [0.15, 0.2) is 11.7 Å². The Morgan fingerprint density at radius 1 is 1.07 bits per heavy atom. The van der Waals surface area contributed by atoms with Crippen LogP contribution in [0.1, 0.15) is 24.2 Å². The lowest BCUT2D eigenvalue weighted by Gasteiger charge is -2.15. The first-order chi connectivity index (χ1) is 13.3. The summed E-state index contributed by atoms with van der Waals surface area (Å²) in [6.07, 6.45) is -0.0843. The molecule has 148 valence electrons. The minimum absolute atomic E-state index is 0.0656. The molecule has 0 saturated heterocycles. The maximum Gasteiger partial charge on any atom is 0.276 e. The summed E-state index contributed by atoms with van der Waals surface area (Å²) in [4.78, 5) is 24.2. The molecular weight excluding hydrogens is 402 g/mol. The lowest BCUT2D eigenvalue weighted by Crippen LogP contribution is -2.49. The first kappa shape index (κ1) is 21.5. The Bertz CT molecular complexity index is 843. The van der Waals surface area contributed by atoms with Crippen molar-refractivity contribution in [2.45, 2.75) is 20.0 Å². The number of thiocarbonyl (C=S) groups is 1.